The molecule has 4 rings (SSSR count). The number of aryl methyl sites for hydroxylation is 2. The Labute approximate surface area is 129 Å². The van der Waals surface area contributed by atoms with Crippen molar-refractivity contribution in [2.75, 3.05) is 0 Å². The number of fused-ring (bicyclic) bond motifs is 2. The molecule has 0 amide bonds. The molecule has 3 nitrogen and oxygen atoms in total. The molecule has 0 atom stereocenters. The molecule has 0 saturated carbocycles. The first-order valence-corrected chi connectivity index (χ1v) is 8.57. The van der Waals surface area contributed by atoms with Gasteiger partial charge in [-0.15, -0.1) is 11.3 Å². The Morgan fingerprint density at radius 3 is 2.86 bits per heavy atom. The summed E-state index contributed by atoms with van der Waals surface area (Å²) in [7, 11) is 0. The highest BCUT2D eigenvalue weighted by atomic mass is 32.1. The number of hydrogen-bond acceptors (Lipinski definition) is 3. The number of thiazole rings is 1. The van der Waals surface area contributed by atoms with E-state index in [-0.39, 0.29) is 11.2 Å². The number of aromatic nitrogens is 2. The smallest absolute Gasteiger partial charge is 0.194 e. The van der Waals surface area contributed by atoms with E-state index in [2.05, 4.69) is 18.4 Å². The number of hydrogen-bond donors (Lipinski definition) is 0. The van der Waals surface area contributed by atoms with Crippen LogP contribution < -0.4 is 0 Å². The van der Waals surface area contributed by atoms with E-state index in [1.807, 2.05) is 23.6 Å². The van der Waals surface area contributed by atoms with E-state index in [1.54, 1.807) is 0 Å². The van der Waals surface area contributed by atoms with Gasteiger partial charge in [0.25, 0.3) is 0 Å². The molecule has 2 aliphatic carbocycles. The Morgan fingerprint density at radius 1 is 1.24 bits per heavy atom. The minimum Gasteiger partial charge on any atom is -0.296 e. The van der Waals surface area contributed by atoms with Crippen LogP contribution in [0.3, 0.4) is 0 Å². The second-order valence-corrected chi connectivity index (χ2v) is 8.12. The van der Waals surface area contributed by atoms with Gasteiger partial charge in [-0.25, -0.2) is 4.98 Å². The predicted octanol–water partition coefficient (Wildman–Crippen LogP) is 3.97. The van der Waals surface area contributed by atoms with Gasteiger partial charge in [-0.05, 0) is 43.6 Å². The number of carbonyl (C=O) groups excluding carboxylic acids is 1. The maximum atomic E-state index is 12.3. The lowest BCUT2D eigenvalue weighted by molar-refractivity contribution is 0.0911. The maximum absolute atomic E-state index is 12.3. The molecule has 0 radical (unpaired) electrons. The zero-order chi connectivity index (χ0) is 14.6. The molecule has 2 aliphatic rings. The molecule has 21 heavy (non-hydrogen) atoms. The molecule has 0 spiro atoms. The van der Waals surface area contributed by atoms with Crippen molar-refractivity contribution in [3.8, 4) is 5.13 Å². The van der Waals surface area contributed by atoms with Crippen LogP contribution in [0.15, 0.2) is 12.3 Å². The summed E-state index contributed by atoms with van der Waals surface area (Å²) in [5.41, 5.74) is 3.40. The van der Waals surface area contributed by atoms with Crippen LogP contribution >= 0.6 is 11.3 Å². The summed E-state index contributed by atoms with van der Waals surface area (Å²) in [6.07, 6.45) is 8.45. The molecule has 0 unspecified atom stereocenters. The first kappa shape index (κ1) is 13.3. The molecular weight excluding hydrogens is 280 g/mol. The maximum Gasteiger partial charge on any atom is 0.194 e. The zero-order valence-corrected chi connectivity index (χ0v) is 13.4. The third-order valence-corrected chi connectivity index (χ3v) is 5.77. The second kappa shape index (κ2) is 4.54. The molecule has 4 heteroatoms. The highest BCUT2D eigenvalue weighted by molar-refractivity contribution is 7.14. The first-order valence-electron chi connectivity index (χ1n) is 7.76. The normalized spacial score (nSPS) is 20.2. The topological polar surface area (TPSA) is 34.9 Å². The van der Waals surface area contributed by atoms with Gasteiger partial charge in [-0.1, -0.05) is 13.8 Å². The molecule has 0 saturated heterocycles. The summed E-state index contributed by atoms with van der Waals surface area (Å²) in [5.74, 6) is 0.279. The van der Waals surface area contributed by atoms with E-state index >= 15 is 0 Å². The Morgan fingerprint density at radius 2 is 2.05 bits per heavy atom. The molecule has 0 bridgehead atoms. The zero-order valence-electron chi connectivity index (χ0n) is 12.6. The summed E-state index contributed by atoms with van der Waals surface area (Å²) >= 11 is 1.81. The lowest BCUT2D eigenvalue weighted by Crippen LogP contribution is -2.27. The molecule has 0 fully saturated rings. The van der Waals surface area contributed by atoms with Gasteiger partial charge in [0.15, 0.2) is 10.9 Å². The SMILES string of the molecule is CC1(C)CC(=O)c2ccn(-c3nc4c(s3)CCCC4)c2C1. The van der Waals surface area contributed by atoms with Crippen molar-refractivity contribution in [1.29, 1.82) is 0 Å². The lowest BCUT2D eigenvalue weighted by atomic mass is 9.76. The van der Waals surface area contributed by atoms with Crippen LogP contribution in [-0.4, -0.2) is 15.3 Å². The molecule has 2 heterocycles. The van der Waals surface area contributed by atoms with E-state index in [1.165, 1.54) is 29.8 Å². The predicted molar refractivity (Wildman–Crippen MR) is 84.5 cm³/mol. The Hall–Kier alpha value is -1.42. The van der Waals surface area contributed by atoms with E-state index in [9.17, 15) is 4.79 Å². The van der Waals surface area contributed by atoms with Crippen molar-refractivity contribution in [2.45, 2.75) is 52.4 Å². The van der Waals surface area contributed by atoms with Crippen LogP contribution in [0.1, 0.15) is 59.7 Å². The first-order chi connectivity index (χ1) is 10.0. The average molecular weight is 300 g/mol. The van der Waals surface area contributed by atoms with Crippen LogP contribution in [0.2, 0.25) is 0 Å². The van der Waals surface area contributed by atoms with Crippen molar-refractivity contribution in [3.05, 3.63) is 34.1 Å². The van der Waals surface area contributed by atoms with Crippen LogP contribution in [0.25, 0.3) is 5.13 Å². The summed E-state index contributed by atoms with van der Waals surface area (Å²) in [6.45, 7) is 4.36. The Kier molecular flexibility index (Phi) is 2.86. The third kappa shape index (κ3) is 2.16. The van der Waals surface area contributed by atoms with Crippen molar-refractivity contribution in [1.82, 2.24) is 9.55 Å². The highest BCUT2D eigenvalue weighted by Crippen LogP contribution is 2.37. The van der Waals surface area contributed by atoms with Gasteiger partial charge >= 0.3 is 0 Å². The fourth-order valence-electron chi connectivity index (χ4n) is 3.57. The molecular formula is C17H20N2OS. The van der Waals surface area contributed by atoms with E-state index < -0.39 is 0 Å². The van der Waals surface area contributed by atoms with Crippen LogP contribution in [0.5, 0.6) is 0 Å². The van der Waals surface area contributed by atoms with Gasteiger partial charge in [-0.3, -0.25) is 9.36 Å². The Bertz CT molecular complexity index is 700. The quantitative estimate of drug-likeness (QED) is 0.799. The van der Waals surface area contributed by atoms with Gasteiger partial charge in [0.2, 0.25) is 0 Å². The number of carbonyl (C=O) groups is 1. The van der Waals surface area contributed by atoms with Crippen LogP contribution in [0.4, 0.5) is 0 Å². The molecule has 0 aromatic carbocycles. The van der Waals surface area contributed by atoms with Crippen LogP contribution in [0, 0.1) is 5.41 Å². The molecule has 2 aromatic heterocycles. The summed E-state index contributed by atoms with van der Waals surface area (Å²) in [5, 5.41) is 1.05. The van der Waals surface area contributed by atoms with Crippen molar-refractivity contribution in [2.24, 2.45) is 5.41 Å². The van der Waals surface area contributed by atoms with E-state index in [0.717, 1.165) is 29.2 Å². The Balaban J connectivity index is 1.80. The minimum absolute atomic E-state index is 0.0526. The van der Waals surface area contributed by atoms with Crippen molar-refractivity contribution in [3.63, 3.8) is 0 Å². The monoisotopic (exact) mass is 300 g/mol. The van der Waals surface area contributed by atoms with Gasteiger partial charge in [0.1, 0.15) is 0 Å². The summed E-state index contributed by atoms with van der Waals surface area (Å²) in [6, 6.07) is 1.98. The fraction of sp³-hybridized carbons (Fsp3) is 0.529. The number of nitrogens with zero attached hydrogens (tertiary/aromatic N) is 2. The fourth-order valence-corrected chi connectivity index (χ4v) is 4.72. The van der Waals surface area contributed by atoms with Crippen molar-refractivity contribution >= 4 is 17.1 Å². The number of rotatable bonds is 1. The largest absolute Gasteiger partial charge is 0.296 e. The third-order valence-electron chi connectivity index (χ3n) is 4.62. The van der Waals surface area contributed by atoms with Gasteiger partial charge in [0, 0.05) is 28.8 Å². The second-order valence-electron chi connectivity index (χ2n) is 7.06. The molecule has 0 N–H and O–H groups in total. The number of Topliss-reactive ketones (excluding diaryl/α,β-unsaturated/α-hetero) is 1. The minimum atomic E-state index is 0.0526. The summed E-state index contributed by atoms with van der Waals surface area (Å²) < 4.78 is 2.16. The highest BCUT2D eigenvalue weighted by Gasteiger charge is 2.33. The summed E-state index contributed by atoms with van der Waals surface area (Å²) in [4.78, 5) is 18.6. The average Bonchev–Trinajstić information content (AvgIpc) is 2.99. The van der Waals surface area contributed by atoms with Crippen molar-refractivity contribution < 1.29 is 4.79 Å². The lowest BCUT2D eigenvalue weighted by Gasteiger charge is -2.29. The standard InChI is InChI=1S/C17H20N2OS/c1-17(2)9-13-11(14(20)10-17)7-8-19(13)16-18-12-5-3-4-6-15(12)21-16/h7-8H,3-6,9-10H2,1-2H3. The number of ketones is 1. The van der Waals surface area contributed by atoms with Crippen LogP contribution in [-0.2, 0) is 19.3 Å². The molecule has 0 aliphatic heterocycles. The van der Waals surface area contributed by atoms with E-state index in [4.69, 9.17) is 4.98 Å². The van der Waals surface area contributed by atoms with Gasteiger partial charge < -0.3 is 0 Å². The molecule has 110 valence electrons. The molecule has 2 aromatic rings. The van der Waals surface area contributed by atoms with Gasteiger partial charge in [-0.2, -0.15) is 0 Å². The van der Waals surface area contributed by atoms with Gasteiger partial charge in [0.05, 0.1) is 5.69 Å². The van der Waals surface area contributed by atoms with E-state index in [0.29, 0.717) is 6.42 Å².